The fourth-order valence-electron chi connectivity index (χ4n) is 3.67. The third kappa shape index (κ3) is 6.96. The van der Waals surface area contributed by atoms with Crippen molar-refractivity contribution in [3.63, 3.8) is 0 Å². The zero-order valence-electron chi connectivity index (χ0n) is 22.6. The van der Waals surface area contributed by atoms with Gasteiger partial charge in [0.05, 0.1) is 13.2 Å². The highest BCUT2D eigenvalue weighted by atomic mass is 28.4. The van der Waals surface area contributed by atoms with Crippen LogP contribution >= 0.6 is 0 Å². The molecule has 2 rings (SSSR count). The van der Waals surface area contributed by atoms with E-state index in [2.05, 4.69) is 66.8 Å². The summed E-state index contributed by atoms with van der Waals surface area (Å²) in [5.41, 5.74) is 4.47. The van der Waals surface area contributed by atoms with Gasteiger partial charge in [-0.3, -0.25) is 0 Å². The summed E-state index contributed by atoms with van der Waals surface area (Å²) >= 11 is 0. The van der Waals surface area contributed by atoms with Crippen molar-refractivity contribution in [3.8, 4) is 11.5 Å². The zero-order valence-corrected chi connectivity index (χ0v) is 23.6. The van der Waals surface area contributed by atoms with Crippen molar-refractivity contribution in [2.24, 2.45) is 0 Å². The van der Waals surface area contributed by atoms with Crippen LogP contribution in [0.5, 0.6) is 11.5 Å². The van der Waals surface area contributed by atoms with Crippen molar-refractivity contribution in [1.82, 2.24) is 0 Å². The van der Waals surface area contributed by atoms with Crippen LogP contribution in [0.25, 0.3) is 0 Å². The number of ether oxygens (including phenoxy) is 4. The summed E-state index contributed by atoms with van der Waals surface area (Å²) in [4.78, 5) is 12.4. The number of hydrogen-bond acceptors (Lipinski definition) is 6. The van der Waals surface area contributed by atoms with E-state index in [4.69, 9.17) is 23.4 Å². The molecule has 7 heteroatoms. The molecule has 190 valence electrons. The minimum atomic E-state index is -1.92. The molecule has 0 fully saturated rings. The molecule has 0 bridgehead atoms. The molecule has 0 aliphatic carbocycles. The van der Waals surface area contributed by atoms with Crippen molar-refractivity contribution in [1.29, 1.82) is 0 Å². The van der Waals surface area contributed by atoms with Crippen LogP contribution in [0, 0.1) is 0 Å². The van der Waals surface area contributed by atoms with Crippen molar-refractivity contribution >= 4 is 14.3 Å². The standard InChI is InChI=1S/C27H42O6Si/c1-18(2)13-21(33-34(9,10)27(4,5)6)14-19(3)11-12-22-23(30-8)15-20-16-31-26(28)24(20)25(22)32-17-29-7/h11,13,15,21H,12,14,16-17H2,1-10H3/b19-11+. The highest BCUT2D eigenvalue weighted by molar-refractivity contribution is 6.74. The maximum absolute atomic E-state index is 12.4. The van der Waals surface area contributed by atoms with Gasteiger partial charge in [-0.2, -0.15) is 0 Å². The zero-order chi connectivity index (χ0) is 25.7. The third-order valence-electron chi connectivity index (χ3n) is 6.48. The predicted molar refractivity (Wildman–Crippen MR) is 138 cm³/mol. The molecule has 1 unspecified atom stereocenters. The highest BCUT2D eigenvalue weighted by Gasteiger charge is 2.38. The monoisotopic (exact) mass is 490 g/mol. The number of cyclic esters (lactones) is 1. The van der Waals surface area contributed by atoms with E-state index >= 15 is 0 Å². The molecule has 6 nitrogen and oxygen atoms in total. The Kier molecular flexibility index (Phi) is 9.57. The second-order valence-corrected chi connectivity index (χ2v) is 15.4. The summed E-state index contributed by atoms with van der Waals surface area (Å²) in [5.74, 6) is 0.767. The number of benzene rings is 1. The lowest BCUT2D eigenvalue weighted by atomic mass is 9.98. The SMILES string of the molecule is COCOc1c(C/C=C(\C)CC(C=C(C)C)O[Si](C)(C)C(C)(C)C)c(OC)cc2c1C(=O)OC2. The topological polar surface area (TPSA) is 63.2 Å². The van der Waals surface area contributed by atoms with Gasteiger partial charge in [0.25, 0.3) is 0 Å². The average molecular weight is 491 g/mol. The molecule has 0 saturated heterocycles. The Morgan fingerprint density at radius 2 is 1.88 bits per heavy atom. The van der Waals surface area contributed by atoms with Gasteiger partial charge in [-0.1, -0.05) is 44.1 Å². The lowest BCUT2D eigenvalue weighted by Gasteiger charge is -2.39. The van der Waals surface area contributed by atoms with E-state index in [1.54, 1.807) is 14.2 Å². The van der Waals surface area contributed by atoms with Crippen LogP contribution < -0.4 is 9.47 Å². The normalized spacial score (nSPS) is 15.0. The third-order valence-corrected chi connectivity index (χ3v) is 11.0. The van der Waals surface area contributed by atoms with Gasteiger partial charge < -0.3 is 23.4 Å². The molecule has 0 spiro atoms. The van der Waals surface area contributed by atoms with E-state index in [-0.39, 0.29) is 30.5 Å². The van der Waals surface area contributed by atoms with Crippen LogP contribution in [-0.2, 0) is 26.9 Å². The van der Waals surface area contributed by atoms with E-state index in [1.165, 1.54) is 11.1 Å². The maximum atomic E-state index is 12.4. The van der Waals surface area contributed by atoms with E-state index in [0.29, 0.717) is 23.5 Å². The fourth-order valence-corrected chi connectivity index (χ4v) is 4.93. The Hall–Kier alpha value is -2.09. The molecule has 0 aromatic heterocycles. The van der Waals surface area contributed by atoms with Crippen molar-refractivity contribution in [2.75, 3.05) is 21.0 Å². The molecular formula is C27H42O6Si. The second kappa shape index (κ2) is 11.6. The molecule has 0 radical (unpaired) electrons. The number of fused-ring (bicyclic) bond motifs is 1. The van der Waals surface area contributed by atoms with E-state index in [1.807, 2.05) is 6.07 Å². The molecule has 1 atom stereocenters. The van der Waals surface area contributed by atoms with Gasteiger partial charge in [0.1, 0.15) is 23.7 Å². The van der Waals surface area contributed by atoms with Crippen molar-refractivity contribution < 1.29 is 28.2 Å². The van der Waals surface area contributed by atoms with E-state index in [0.717, 1.165) is 17.5 Å². The molecule has 34 heavy (non-hydrogen) atoms. The Morgan fingerprint density at radius 1 is 1.21 bits per heavy atom. The van der Waals surface area contributed by atoms with Gasteiger partial charge in [-0.05, 0) is 57.8 Å². The minimum absolute atomic E-state index is 0.0169. The molecular weight excluding hydrogens is 448 g/mol. The van der Waals surface area contributed by atoms with Gasteiger partial charge in [0, 0.05) is 18.2 Å². The lowest BCUT2D eigenvalue weighted by molar-refractivity contribution is 0.0454. The van der Waals surface area contributed by atoms with Crippen LogP contribution in [-0.4, -0.2) is 41.4 Å². The summed E-state index contributed by atoms with van der Waals surface area (Å²) in [6.07, 6.45) is 5.74. The highest BCUT2D eigenvalue weighted by Crippen LogP contribution is 2.40. The summed E-state index contributed by atoms with van der Waals surface area (Å²) in [6.45, 7) is 17.9. The van der Waals surface area contributed by atoms with E-state index < -0.39 is 8.32 Å². The molecule has 0 N–H and O–H groups in total. The van der Waals surface area contributed by atoms with Gasteiger partial charge in [0.15, 0.2) is 15.1 Å². The first kappa shape index (κ1) is 28.1. The summed E-state index contributed by atoms with van der Waals surface area (Å²) in [6, 6.07) is 1.87. The number of carbonyl (C=O) groups is 1. The summed E-state index contributed by atoms with van der Waals surface area (Å²) < 4.78 is 28.6. The molecule has 0 amide bonds. The first-order valence-corrected chi connectivity index (χ1v) is 14.7. The Labute approximate surface area is 206 Å². The summed E-state index contributed by atoms with van der Waals surface area (Å²) in [7, 11) is 1.25. The quantitative estimate of drug-likeness (QED) is 0.151. The van der Waals surface area contributed by atoms with Crippen molar-refractivity contribution in [2.45, 2.75) is 85.2 Å². The summed E-state index contributed by atoms with van der Waals surface area (Å²) in [5, 5.41) is 0.137. The van der Waals surface area contributed by atoms with Gasteiger partial charge in [-0.25, -0.2) is 4.79 Å². The Balaban J connectivity index is 2.34. The fraction of sp³-hybridized carbons (Fsp3) is 0.593. The first-order chi connectivity index (χ1) is 15.8. The van der Waals surface area contributed by atoms with Crippen LogP contribution in [0.15, 0.2) is 29.4 Å². The van der Waals surface area contributed by atoms with Crippen LogP contribution in [0.3, 0.4) is 0 Å². The minimum Gasteiger partial charge on any atom is -0.496 e. The number of esters is 1. The largest absolute Gasteiger partial charge is 0.496 e. The Morgan fingerprint density at radius 3 is 2.44 bits per heavy atom. The van der Waals surface area contributed by atoms with Gasteiger partial charge in [-0.15, -0.1) is 0 Å². The smallest absolute Gasteiger partial charge is 0.342 e. The van der Waals surface area contributed by atoms with Gasteiger partial charge in [0.2, 0.25) is 0 Å². The molecule has 1 aliphatic rings. The predicted octanol–water partition coefficient (Wildman–Crippen LogP) is 6.58. The number of carbonyl (C=O) groups excluding carboxylic acids is 1. The number of rotatable bonds is 11. The molecule has 1 aromatic carbocycles. The van der Waals surface area contributed by atoms with Gasteiger partial charge >= 0.3 is 5.97 Å². The molecule has 0 saturated carbocycles. The molecule has 1 aromatic rings. The number of allylic oxidation sites excluding steroid dienone is 2. The lowest BCUT2D eigenvalue weighted by Crippen LogP contribution is -2.43. The van der Waals surface area contributed by atoms with Crippen LogP contribution in [0.2, 0.25) is 18.1 Å². The van der Waals surface area contributed by atoms with Crippen LogP contribution in [0.4, 0.5) is 0 Å². The number of hydrogen-bond donors (Lipinski definition) is 0. The van der Waals surface area contributed by atoms with Crippen LogP contribution in [0.1, 0.15) is 69.4 Å². The number of methoxy groups -OCH3 is 2. The maximum Gasteiger partial charge on any atom is 0.342 e. The molecule has 1 heterocycles. The average Bonchev–Trinajstić information content (AvgIpc) is 3.09. The van der Waals surface area contributed by atoms with Crippen molar-refractivity contribution in [3.05, 3.63) is 46.1 Å². The second-order valence-electron chi connectivity index (χ2n) is 10.7. The van der Waals surface area contributed by atoms with E-state index in [9.17, 15) is 4.79 Å². The molecule has 1 aliphatic heterocycles. The Bertz CT molecular complexity index is 935. The first-order valence-electron chi connectivity index (χ1n) is 11.8.